The third kappa shape index (κ3) is 3.93. The van der Waals surface area contributed by atoms with E-state index in [1.165, 1.54) is 42.5 Å². The number of benzene rings is 2. The predicted octanol–water partition coefficient (Wildman–Crippen LogP) is 2.40. The van der Waals surface area contributed by atoms with Crippen LogP contribution in [0.5, 0.6) is 0 Å². The summed E-state index contributed by atoms with van der Waals surface area (Å²) in [5, 5.41) is 0.265. The van der Waals surface area contributed by atoms with Gasteiger partial charge in [-0.25, -0.2) is 22.5 Å². The molecule has 0 radical (unpaired) electrons. The molecule has 9 nitrogen and oxygen atoms in total. The topological polar surface area (TPSA) is 144 Å². The summed E-state index contributed by atoms with van der Waals surface area (Å²) < 4.78 is 27.8. The molecule has 0 spiro atoms. The Hall–Kier alpha value is -3.41. The van der Waals surface area contributed by atoms with Crippen LogP contribution in [0.3, 0.4) is 0 Å². The molecule has 164 valence electrons. The molecular formula is C20H15ClN4O5S2. The second-order valence-corrected chi connectivity index (χ2v) is 10.5. The van der Waals surface area contributed by atoms with E-state index < -0.39 is 27.2 Å². The van der Waals surface area contributed by atoms with Crippen molar-refractivity contribution in [3.63, 3.8) is 0 Å². The number of nitrogens with one attached hydrogen (secondary N) is 2. The number of carbonyl (C=O) groups excluding carboxylic acids is 1. The molecule has 2 aromatic heterocycles. The van der Waals surface area contributed by atoms with Crippen molar-refractivity contribution in [3.05, 3.63) is 84.8 Å². The van der Waals surface area contributed by atoms with Crippen LogP contribution in [-0.2, 0) is 10.0 Å². The van der Waals surface area contributed by atoms with Crippen LogP contribution in [0, 0.1) is 6.92 Å². The van der Waals surface area contributed by atoms with E-state index in [-0.39, 0.29) is 25.2 Å². The van der Waals surface area contributed by atoms with Crippen molar-refractivity contribution < 1.29 is 13.2 Å². The maximum atomic E-state index is 12.9. The molecule has 2 aromatic carbocycles. The summed E-state index contributed by atoms with van der Waals surface area (Å²) in [5.41, 5.74) is 5.89. The Morgan fingerprint density at radius 2 is 1.88 bits per heavy atom. The molecule has 4 rings (SSSR count). The summed E-state index contributed by atoms with van der Waals surface area (Å²) in [7, 11) is -4.09. The highest BCUT2D eigenvalue weighted by Crippen LogP contribution is 2.25. The first-order valence-electron chi connectivity index (χ1n) is 9.05. The number of aryl methyl sites for hydroxylation is 1. The largest absolute Gasteiger partial charge is 0.399 e. The molecule has 0 aliphatic heterocycles. The highest BCUT2D eigenvalue weighted by molar-refractivity contribution is 7.92. The fourth-order valence-corrected chi connectivity index (χ4v) is 5.63. The molecule has 0 saturated carbocycles. The van der Waals surface area contributed by atoms with Gasteiger partial charge in [-0.1, -0.05) is 11.6 Å². The van der Waals surface area contributed by atoms with E-state index in [2.05, 4.69) is 4.98 Å². The third-order valence-corrected chi connectivity index (χ3v) is 7.72. The van der Waals surface area contributed by atoms with Gasteiger partial charge in [-0.15, -0.1) is 11.3 Å². The molecule has 12 heteroatoms. The van der Waals surface area contributed by atoms with E-state index in [0.717, 1.165) is 15.9 Å². The minimum atomic E-state index is -4.09. The number of aromatic nitrogens is 2. The lowest BCUT2D eigenvalue weighted by molar-refractivity contribution is 0.0981. The molecule has 0 unspecified atom stereocenters. The van der Waals surface area contributed by atoms with Crippen molar-refractivity contribution in [2.75, 3.05) is 5.73 Å². The minimum Gasteiger partial charge on any atom is -0.399 e. The van der Waals surface area contributed by atoms with E-state index in [1.54, 1.807) is 13.0 Å². The Morgan fingerprint density at radius 3 is 2.53 bits per heavy atom. The summed E-state index contributed by atoms with van der Waals surface area (Å²) in [5.74, 6) is -0.862. The molecule has 0 atom stereocenters. The van der Waals surface area contributed by atoms with Crippen LogP contribution in [0.1, 0.15) is 15.9 Å². The molecule has 4 N–H and O–H groups in total. The van der Waals surface area contributed by atoms with Gasteiger partial charge in [0.1, 0.15) is 4.21 Å². The smallest absolute Gasteiger partial charge is 0.333 e. The fourth-order valence-electron chi connectivity index (χ4n) is 3.18. The Morgan fingerprint density at radius 1 is 1.12 bits per heavy atom. The second kappa shape index (κ2) is 7.93. The van der Waals surface area contributed by atoms with Crippen molar-refractivity contribution in [1.82, 2.24) is 14.3 Å². The Labute approximate surface area is 190 Å². The SMILES string of the molecule is Cc1cc(C(=O)NS(=O)(=O)c2ccc(Cl)s2)ccc1-n1c(=O)[nH]c2cc(N)ccc2c1=O. The lowest BCUT2D eigenvalue weighted by Crippen LogP contribution is -2.34. The van der Waals surface area contributed by atoms with Gasteiger partial charge in [0.25, 0.3) is 21.5 Å². The third-order valence-electron chi connectivity index (χ3n) is 4.66. The number of anilines is 1. The Balaban J connectivity index is 1.72. The number of halogens is 1. The van der Waals surface area contributed by atoms with E-state index in [4.69, 9.17) is 17.3 Å². The monoisotopic (exact) mass is 490 g/mol. The number of hydrogen-bond donors (Lipinski definition) is 3. The molecule has 1 amide bonds. The van der Waals surface area contributed by atoms with Gasteiger partial charge < -0.3 is 10.7 Å². The van der Waals surface area contributed by atoms with Crippen LogP contribution in [-0.4, -0.2) is 23.9 Å². The van der Waals surface area contributed by atoms with Crippen molar-refractivity contribution in [2.24, 2.45) is 0 Å². The van der Waals surface area contributed by atoms with Gasteiger partial charge in [-0.3, -0.25) is 9.59 Å². The number of thiophene rings is 1. The van der Waals surface area contributed by atoms with Crippen LogP contribution in [0.25, 0.3) is 16.6 Å². The van der Waals surface area contributed by atoms with Gasteiger partial charge in [0.2, 0.25) is 0 Å². The number of nitrogens with zero attached hydrogens (tertiary/aromatic N) is 1. The minimum absolute atomic E-state index is 0.0375. The molecule has 0 aliphatic rings. The fraction of sp³-hybridized carbons (Fsp3) is 0.0500. The number of carbonyl (C=O) groups is 1. The number of sulfonamides is 1. The van der Waals surface area contributed by atoms with Crippen LogP contribution < -0.4 is 21.7 Å². The molecule has 0 aliphatic carbocycles. The number of amides is 1. The molecular weight excluding hydrogens is 476 g/mol. The quantitative estimate of drug-likeness (QED) is 0.375. The number of hydrogen-bond acceptors (Lipinski definition) is 7. The maximum Gasteiger partial charge on any atom is 0.333 e. The second-order valence-electron chi connectivity index (χ2n) is 6.87. The van der Waals surface area contributed by atoms with Gasteiger partial charge in [0, 0.05) is 11.3 Å². The van der Waals surface area contributed by atoms with Crippen molar-refractivity contribution in [1.29, 1.82) is 0 Å². The van der Waals surface area contributed by atoms with E-state index >= 15 is 0 Å². The van der Waals surface area contributed by atoms with Gasteiger partial charge in [-0.2, -0.15) is 0 Å². The van der Waals surface area contributed by atoms with Crippen LogP contribution in [0.2, 0.25) is 4.34 Å². The molecule has 0 fully saturated rings. The average molecular weight is 491 g/mol. The number of nitrogen functional groups attached to an aromatic ring is 1. The number of fused-ring (bicyclic) bond motifs is 1. The van der Waals surface area contributed by atoms with Gasteiger partial charge in [0.15, 0.2) is 0 Å². The lowest BCUT2D eigenvalue weighted by atomic mass is 10.1. The first-order chi connectivity index (χ1) is 15.1. The lowest BCUT2D eigenvalue weighted by Gasteiger charge is -2.11. The van der Waals surface area contributed by atoms with Gasteiger partial charge in [0.05, 0.1) is 20.9 Å². The van der Waals surface area contributed by atoms with E-state index in [0.29, 0.717) is 16.8 Å². The normalized spacial score (nSPS) is 11.6. The molecule has 0 saturated heterocycles. The summed E-state index contributed by atoms with van der Waals surface area (Å²) >= 11 is 6.58. The first kappa shape index (κ1) is 21.8. The molecule has 32 heavy (non-hydrogen) atoms. The van der Waals surface area contributed by atoms with E-state index in [9.17, 15) is 22.8 Å². The number of nitrogens with two attached hydrogens (primary N) is 1. The zero-order valence-corrected chi connectivity index (χ0v) is 18.8. The van der Waals surface area contributed by atoms with E-state index in [1.807, 2.05) is 4.72 Å². The standard InChI is InChI=1S/C20H15ClN4O5S2/c1-10-8-11(18(26)24-32(29,30)17-7-6-16(21)31-17)2-5-15(10)25-19(27)13-4-3-12(22)9-14(13)23-20(25)28/h2-9H,22H2,1H3,(H,23,28)(H,24,26). The maximum absolute atomic E-state index is 12.9. The van der Waals surface area contributed by atoms with Crippen LogP contribution in [0.15, 0.2) is 62.3 Å². The zero-order chi connectivity index (χ0) is 23.2. The molecule has 0 bridgehead atoms. The summed E-state index contributed by atoms with van der Waals surface area (Å²) in [4.78, 5) is 40.6. The van der Waals surface area contributed by atoms with Crippen LogP contribution >= 0.6 is 22.9 Å². The number of rotatable bonds is 4. The van der Waals surface area contributed by atoms with Crippen molar-refractivity contribution >= 4 is 55.5 Å². The Bertz CT molecular complexity index is 1620. The zero-order valence-electron chi connectivity index (χ0n) is 16.4. The summed E-state index contributed by atoms with van der Waals surface area (Å²) in [6.07, 6.45) is 0. The summed E-state index contributed by atoms with van der Waals surface area (Å²) in [6.45, 7) is 1.60. The van der Waals surface area contributed by atoms with Crippen molar-refractivity contribution in [2.45, 2.75) is 11.1 Å². The van der Waals surface area contributed by atoms with Gasteiger partial charge in [-0.05, 0) is 61.0 Å². The van der Waals surface area contributed by atoms with Crippen LogP contribution in [0.4, 0.5) is 5.69 Å². The Kier molecular flexibility index (Phi) is 5.41. The molecule has 4 aromatic rings. The highest BCUT2D eigenvalue weighted by atomic mass is 35.5. The molecule has 2 heterocycles. The van der Waals surface area contributed by atoms with Gasteiger partial charge >= 0.3 is 5.69 Å². The highest BCUT2D eigenvalue weighted by Gasteiger charge is 2.21. The number of H-pyrrole nitrogens is 1. The first-order valence-corrected chi connectivity index (χ1v) is 11.7. The summed E-state index contributed by atoms with van der Waals surface area (Å²) in [6, 6.07) is 11.4. The predicted molar refractivity (Wildman–Crippen MR) is 123 cm³/mol. The number of aromatic amines is 1. The average Bonchev–Trinajstić information content (AvgIpc) is 3.16. The van der Waals surface area contributed by atoms with Crippen molar-refractivity contribution in [3.8, 4) is 5.69 Å².